The first-order chi connectivity index (χ1) is 11.4. The summed E-state index contributed by atoms with van der Waals surface area (Å²) in [6.07, 6.45) is -5.25. The summed E-state index contributed by atoms with van der Waals surface area (Å²) in [5.41, 5.74) is -1.65. The van der Waals surface area contributed by atoms with Crippen molar-refractivity contribution in [1.82, 2.24) is 9.55 Å². The molecule has 150 valence electrons. The van der Waals surface area contributed by atoms with Crippen LogP contribution < -0.4 is 11.2 Å². The Morgan fingerprint density at radius 2 is 1.81 bits per heavy atom. The van der Waals surface area contributed by atoms with Crippen LogP contribution >= 0.6 is 15.6 Å². The summed E-state index contributed by atoms with van der Waals surface area (Å²) in [6.45, 7) is -0.902. The molecule has 1 aliphatic heterocycles. The van der Waals surface area contributed by atoms with Crippen LogP contribution in [0.4, 0.5) is 0 Å². The van der Waals surface area contributed by atoms with Crippen molar-refractivity contribution in [2.24, 2.45) is 0 Å². The third-order valence-corrected chi connectivity index (χ3v) is 5.23. The molecular weight excluding hydrogens is 402 g/mol. The number of phosphoric ester groups is 1. The monoisotopic (exact) mass is 420 g/mol. The van der Waals surface area contributed by atoms with Gasteiger partial charge in [0.15, 0.2) is 6.23 Å². The van der Waals surface area contributed by atoms with Crippen LogP contribution in [0.2, 0.25) is 0 Å². The maximum absolute atomic E-state index is 11.7. The molecule has 3 unspecified atom stereocenters. The molecule has 1 aromatic rings. The Morgan fingerprint density at radius 3 is 2.35 bits per heavy atom. The van der Waals surface area contributed by atoms with Gasteiger partial charge in [-0.1, -0.05) is 7.43 Å². The van der Waals surface area contributed by atoms with Crippen LogP contribution in [0, 0.1) is 0 Å². The lowest BCUT2D eigenvalue weighted by Crippen LogP contribution is -2.37. The minimum Gasteiger partial charge on any atom is -0.387 e. The molecule has 0 spiro atoms. The van der Waals surface area contributed by atoms with Crippen LogP contribution in [0.5, 0.6) is 0 Å². The molecule has 2 heterocycles. The molecule has 0 bridgehead atoms. The number of hydrogen-bond donors (Lipinski definition) is 6. The molecule has 14 nitrogen and oxygen atoms in total. The van der Waals surface area contributed by atoms with E-state index in [4.69, 9.17) is 19.4 Å². The highest BCUT2D eigenvalue weighted by molar-refractivity contribution is 7.60. The molecule has 1 fully saturated rings. The van der Waals surface area contributed by atoms with Crippen molar-refractivity contribution in [2.45, 2.75) is 32.0 Å². The summed E-state index contributed by atoms with van der Waals surface area (Å²) >= 11 is 0. The first-order valence-electron chi connectivity index (χ1n) is 6.47. The normalized spacial score (nSPS) is 28.3. The number of nitrogens with zero attached hydrogens (tertiary/aromatic N) is 1. The average molecular weight is 420 g/mol. The number of aromatic nitrogens is 2. The summed E-state index contributed by atoms with van der Waals surface area (Å²) in [6, 6.07) is 0.962. The average Bonchev–Trinajstić information content (AvgIpc) is 2.71. The van der Waals surface area contributed by atoms with E-state index in [0.29, 0.717) is 0 Å². The summed E-state index contributed by atoms with van der Waals surface area (Å²) < 4.78 is 35.6. The van der Waals surface area contributed by atoms with Gasteiger partial charge in [0.05, 0.1) is 6.61 Å². The predicted molar refractivity (Wildman–Crippen MR) is 82.9 cm³/mol. The molecule has 5 atom stereocenters. The molecule has 0 aromatic carbocycles. The topological polar surface area (TPSA) is 218 Å². The van der Waals surface area contributed by atoms with E-state index in [1.165, 1.54) is 0 Å². The fourth-order valence-corrected chi connectivity index (χ4v) is 3.65. The zero-order valence-corrected chi connectivity index (χ0v) is 13.9. The van der Waals surface area contributed by atoms with E-state index < -0.39 is 58.0 Å². The van der Waals surface area contributed by atoms with Crippen LogP contribution in [-0.2, 0) is 22.7 Å². The number of aromatic amines is 1. The van der Waals surface area contributed by atoms with Gasteiger partial charge in [0, 0.05) is 12.3 Å². The van der Waals surface area contributed by atoms with Gasteiger partial charge in [-0.3, -0.25) is 18.9 Å². The van der Waals surface area contributed by atoms with Gasteiger partial charge >= 0.3 is 21.3 Å². The van der Waals surface area contributed by atoms with E-state index in [1.807, 2.05) is 4.98 Å². The Hall–Kier alpha value is -1.18. The number of aliphatic hydroxyl groups is 2. The number of aliphatic hydroxyl groups excluding tert-OH is 2. The van der Waals surface area contributed by atoms with Crippen molar-refractivity contribution in [3.05, 3.63) is 33.1 Å². The van der Waals surface area contributed by atoms with Crippen molar-refractivity contribution in [3.8, 4) is 0 Å². The number of phosphoric acid groups is 2. The lowest BCUT2D eigenvalue weighted by molar-refractivity contribution is -0.0542. The molecule has 0 radical (unpaired) electrons. The van der Waals surface area contributed by atoms with Crippen molar-refractivity contribution in [3.63, 3.8) is 0 Å². The Kier molecular flexibility index (Phi) is 7.24. The fourth-order valence-electron chi connectivity index (χ4n) is 2.05. The zero-order valence-electron chi connectivity index (χ0n) is 12.1. The highest BCUT2D eigenvalue weighted by Gasteiger charge is 2.45. The molecule has 6 N–H and O–H groups in total. The van der Waals surface area contributed by atoms with Gasteiger partial charge in [-0.25, -0.2) is 13.9 Å². The number of H-pyrrole nitrogens is 1. The van der Waals surface area contributed by atoms with Crippen molar-refractivity contribution >= 4 is 15.6 Å². The standard InChI is InChI=1S/C9H14N2O12P2.CH4/c12-5-1-2-11(9(15)10-5)8-7(14)6(13)4(22-8)3-21-25(19,20)23-24(16,17)18;/h1-2,4,6-8,13-14H,3H2,(H,19,20)(H,10,12,15)(H2,16,17,18);1H4/t4-,6?,7?,8-;/m1./s1. The molecule has 0 amide bonds. The molecule has 26 heavy (non-hydrogen) atoms. The van der Waals surface area contributed by atoms with E-state index in [-0.39, 0.29) is 7.43 Å². The minimum atomic E-state index is -5.32. The van der Waals surface area contributed by atoms with Crippen LogP contribution in [0.15, 0.2) is 21.9 Å². The predicted octanol–water partition coefficient (Wildman–Crippen LogP) is -1.98. The summed E-state index contributed by atoms with van der Waals surface area (Å²) in [4.78, 5) is 50.7. The largest absolute Gasteiger partial charge is 0.481 e. The van der Waals surface area contributed by atoms with Crippen molar-refractivity contribution in [2.75, 3.05) is 6.61 Å². The Balaban J connectivity index is 0.00000338. The Bertz CT molecular complexity index is 830. The van der Waals surface area contributed by atoms with Gasteiger partial charge in [0.25, 0.3) is 5.56 Å². The van der Waals surface area contributed by atoms with Gasteiger partial charge in [-0.15, -0.1) is 0 Å². The first-order valence-corrected chi connectivity index (χ1v) is 9.49. The minimum absolute atomic E-state index is 0. The fraction of sp³-hybridized carbons (Fsp3) is 0.600. The molecule has 0 aliphatic carbocycles. The van der Waals surface area contributed by atoms with E-state index in [1.54, 1.807) is 0 Å². The molecule has 2 rings (SSSR count). The summed E-state index contributed by atoms with van der Waals surface area (Å²) in [5.74, 6) is 0. The van der Waals surface area contributed by atoms with E-state index >= 15 is 0 Å². The number of hydrogen-bond acceptors (Lipinski definition) is 9. The van der Waals surface area contributed by atoms with Gasteiger partial charge in [-0.2, -0.15) is 4.31 Å². The molecule has 16 heteroatoms. The maximum Gasteiger partial charge on any atom is 0.481 e. The second-order valence-corrected chi connectivity index (χ2v) is 7.73. The molecule has 1 aromatic heterocycles. The SMILES string of the molecule is C.O=c1ccn([C@@H]2O[C@H](COP(=O)(O)OP(=O)(O)O)C(O)C2O)c(=O)[nH]1. The first kappa shape index (κ1) is 22.9. The number of rotatable bonds is 6. The summed E-state index contributed by atoms with van der Waals surface area (Å²) in [5, 5.41) is 19.8. The van der Waals surface area contributed by atoms with Gasteiger partial charge in [-0.05, 0) is 0 Å². The second-order valence-electron chi connectivity index (χ2n) is 4.90. The second kappa shape index (κ2) is 8.23. The highest BCUT2D eigenvalue weighted by atomic mass is 31.3. The maximum atomic E-state index is 11.7. The van der Waals surface area contributed by atoms with Crippen LogP contribution in [-0.4, -0.2) is 59.4 Å². The third-order valence-electron chi connectivity index (χ3n) is 3.07. The lowest BCUT2D eigenvalue weighted by atomic mass is 10.1. The van der Waals surface area contributed by atoms with Crippen LogP contribution in [0.25, 0.3) is 0 Å². The van der Waals surface area contributed by atoms with Gasteiger partial charge < -0.3 is 29.6 Å². The Labute approximate surface area is 145 Å². The summed E-state index contributed by atoms with van der Waals surface area (Å²) in [7, 11) is -10.5. The number of ether oxygens (including phenoxy) is 1. The smallest absolute Gasteiger partial charge is 0.387 e. The lowest BCUT2D eigenvalue weighted by Gasteiger charge is -2.17. The molecule has 1 saturated heterocycles. The van der Waals surface area contributed by atoms with Gasteiger partial charge in [0.1, 0.15) is 18.3 Å². The van der Waals surface area contributed by atoms with Crippen molar-refractivity contribution in [1.29, 1.82) is 0 Å². The van der Waals surface area contributed by atoms with E-state index in [0.717, 1.165) is 16.8 Å². The van der Waals surface area contributed by atoms with E-state index in [2.05, 4.69) is 8.83 Å². The van der Waals surface area contributed by atoms with Crippen molar-refractivity contribution < 1.29 is 47.6 Å². The van der Waals surface area contributed by atoms with Crippen LogP contribution in [0.3, 0.4) is 0 Å². The quantitative estimate of drug-likeness (QED) is 0.276. The highest BCUT2D eigenvalue weighted by Crippen LogP contribution is 2.57. The zero-order chi connectivity index (χ0) is 19.0. The molecule has 0 saturated carbocycles. The van der Waals surface area contributed by atoms with Crippen LogP contribution in [0.1, 0.15) is 13.7 Å². The number of nitrogens with one attached hydrogen (secondary N) is 1. The molecule has 1 aliphatic rings. The molecular formula is C10H18N2O12P2. The van der Waals surface area contributed by atoms with E-state index in [9.17, 15) is 28.9 Å². The Morgan fingerprint density at radius 1 is 1.19 bits per heavy atom. The third kappa shape index (κ3) is 5.66. The van der Waals surface area contributed by atoms with Gasteiger partial charge in [0.2, 0.25) is 0 Å².